The first-order chi connectivity index (χ1) is 19.2. The maximum Gasteiger partial charge on any atom is 0.335 e. The van der Waals surface area contributed by atoms with Crippen molar-refractivity contribution in [2.24, 2.45) is 4.99 Å². The molecule has 1 amide bonds. The SMILES string of the molecule is CC[C@H](C)Oc1c(Br)cc(/C=C2\SC(=Nc3ccc(OC)cc3)N(Cc3ccc(C(=O)O)cc3)C2=O)cc1OC. The quantitative estimate of drug-likeness (QED) is 0.239. The van der Waals surface area contributed by atoms with Gasteiger partial charge in [-0.1, -0.05) is 19.1 Å². The average Bonchev–Trinajstić information content (AvgIpc) is 3.23. The fourth-order valence-electron chi connectivity index (χ4n) is 3.81. The number of aliphatic imine (C=N–C) groups is 1. The van der Waals surface area contributed by atoms with Gasteiger partial charge < -0.3 is 19.3 Å². The molecule has 1 saturated heterocycles. The highest BCUT2D eigenvalue weighted by Crippen LogP contribution is 2.40. The number of halogens is 1. The highest BCUT2D eigenvalue weighted by Gasteiger charge is 2.33. The van der Waals surface area contributed by atoms with Crippen LogP contribution < -0.4 is 14.2 Å². The van der Waals surface area contributed by atoms with Crippen LogP contribution >= 0.6 is 27.7 Å². The largest absolute Gasteiger partial charge is 0.497 e. The summed E-state index contributed by atoms with van der Waals surface area (Å²) >= 11 is 4.86. The maximum atomic E-state index is 13.7. The lowest BCUT2D eigenvalue weighted by Crippen LogP contribution is -2.28. The Kier molecular flexibility index (Phi) is 9.54. The highest BCUT2D eigenvalue weighted by atomic mass is 79.9. The van der Waals surface area contributed by atoms with Crippen LogP contribution in [0.4, 0.5) is 5.69 Å². The molecule has 1 N–H and O–H groups in total. The number of thioether (sulfide) groups is 1. The number of benzene rings is 3. The highest BCUT2D eigenvalue weighted by molar-refractivity contribution is 9.10. The summed E-state index contributed by atoms with van der Waals surface area (Å²) in [7, 11) is 3.17. The molecule has 10 heteroatoms. The van der Waals surface area contributed by atoms with E-state index in [2.05, 4.69) is 15.9 Å². The Morgan fingerprint density at radius 3 is 2.40 bits per heavy atom. The number of rotatable bonds is 10. The lowest BCUT2D eigenvalue weighted by molar-refractivity contribution is -0.122. The van der Waals surface area contributed by atoms with Crippen LogP contribution in [-0.2, 0) is 11.3 Å². The van der Waals surface area contributed by atoms with Crippen molar-refractivity contribution in [2.75, 3.05) is 14.2 Å². The van der Waals surface area contributed by atoms with Crippen LogP contribution in [0, 0.1) is 0 Å². The third-order valence-corrected chi connectivity index (χ3v) is 7.77. The number of carboxylic acids is 1. The van der Waals surface area contributed by atoms with E-state index < -0.39 is 5.97 Å². The zero-order valence-electron chi connectivity index (χ0n) is 22.5. The molecule has 1 heterocycles. The first-order valence-electron chi connectivity index (χ1n) is 12.5. The lowest BCUT2D eigenvalue weighted by Gasteiger charge is -2.17. The summed E-state index contributed by atoms with van der Waals surface area (Å²) in [6.45, 7) is 4.26. The molecule has 4 rings (SSSR count). The molecule has 1 aliphatic heterocycles. The van der Waals surface area contributed by atoms with Gasteiger partial charge in [-0.2, -0.15) is 0 Å². The molecule has 0 bridgehead atoms. The van der Waals surface area contributed by atoms with Crippen molar-refractivity contribution >= 4 is 56.5 Å². The lowest BCUT2D eigenvalue weighted by atomic mass is 10.1. The van der Waals surface area contributed by atoms with Crippen LogP contribution in [0.25, 0.3) is 6.08 Å². The predicted molar refractivity (Wildman–Crippen MR) is 161 cm³/mol. The first kappa shape index (κ1) is 29.2. The van der Waals surface area contributed by atoms with Crippen molar-refractivity contribution in [3.8, 4) is 17.2 Å². The van der Waals surface area contributed by atoms with Gasteiger partial charge in [0.05, 0.1) is 47.5 Å². The van der Waals surface area contributed by atoms with E-state index in [1.54, 1.807) is 49.5 Å². The number of ether oxygens (including phenoxy) is 3. The smallest absolute Gasteiger partial charge is 0.335 e. The van der Waals surface area contributed by atoms with Gasteiger partial charge in [-0.3, -0.25) is 9.69 Å². The fraction of sp³-hybridized carbons (Fsp3) is 0.233. The molecule has 208 valence electrons. The molecule has 0 aliphatic carbocycles. The second kappa shape index (κ2) is 13.1. The van der Waals surface area contributed by atoms with E-state index in [-0.39, 0.29) is 24.1 Å². The number of amidine groups is 1. The maximum absolute atomic E-state index is 13.7. The number of carbonyl (C=O) groups is 2. The number of hydrogen-bond acceptors (Lipinski definition) is 7. The van der Waals surface area contributed by atoms with Crippen molar-refractivity contribution in [3.63, 3.8) is 0 Å². The minimum absolute atomic E-state index is 0.0104. The van der Waals surface area contributed by atoms with Gasteiger partial charge in [-0.25, -0.2) is 9.79 Å². The van der Waals surface area contributed by atoms with Gasteiger partial charge in [0.2, 0.25) is 0 Å². The summed E-state index contributed by atoms with van der Waals surface area (Å²) in [6.07, 6.45) is 2.65. The second-order valence-electron chi connectivity index (χ2n) is 8.97. The predicted octanol–water partition coefficient (Wildman–Crippen LogP) is 7.15. The van der Waals surface area contributed by atoms with E-state index in [0.29, 0.717) is 33.0 Å². The van der Waals surface area contributed by atoms with E-state index in [0.717, 1.165) is 22.0 Å². The minimum Gasteiger partial charge on any atom is -0.497 e. The zero-order chi connectivity index (χ0) is 28.8. The van der Waals surface area contributed by atoms with E-state index >= 15 is 0 Å². The molecule has 0 saturated carbocycles. The molecule has 3 aromatic rings. The molecule has 1 atom stereocenters. The molecule has 40 heavy (non-hydrogen) atoms. The number of amides is 1. The second-order valence-corrected chi connectivity index (χ2v) is 10.8. The van der Waals surface area contributed by atoms with E-state index in [4.69, 9.17) is 19.2 Å². The first-order valence-corrected chi connectivity index (χ1v) is 14.1. The number of carbonyl (C=O) groups excluding carboxylic acids is 1. The molecule has 0 spiro atoms. The van der Waals surface area contributed by atoms with Crippen molar-refractivity contribution in [2.45, 2.75) is 32.9 Å². The van der Waals surface area contributed by atoms with Crippen LogP contribution in [0.15, 0.2) is 75.0 Å². The molecule has 1 aliphatic rings. The number of aromatic carboxylic acids is 1. The van der Waals surface area contributed by atoms with Crippen molar-refractivity contribution in [3.05, 3.63) is 86.7 Å². The van der Waals surface area contributed by atoms with Gasteiger partial charge in [0, 0.05) is 0 Å². The van der Waals surface area contributed by atoms with E-state index in [1.165, 1.54) is 23.9 Å². The Morgan fingerprint density at radius 2 is 1.80 bits per heavy atom. The van der Waals surface area contributed by atoms with Crippen molar-refractivity contribution < 1.29 is 28.9 Å². The van der Waals surface area contributed by atoms with Crippen LogP contribution in [0.3, 0.4) is 0 Å². The summed E-state index contributed by atoms with van der Waals surface area (Å²) in [5.74, 6) is 0.649. The van der Waals surface area contributed by atoms with E-state index in [1.807, 2.05) is 38.1 Å². The summed E-state index contributed by atoms with van der Waals surface area (Å²) < 4.78 is 17.6. The molecular formula is C30H29BrN2O6S. The zero-order valence-corrected chi connectivity index (χ0v) is 24.9. The molecule has 0 radical (unpaired) electrons. The molecular weight excluding hydrogens is 596 g/mol. The van der Waals surface area contributed by atoms with E-state index in [9.17, 15) is 14.7 Å². The van der Waals surface area contributed by atoms with Gasteiger partial charge in [0.25, 0.3) is 5.91 Å². The topological polar surface area (TPSA) is 97.7 Å². The summed E-state index contributed by atoms with van der Waals surface area (Å²) in [5, 5.41) is 9.73. The average molecular weight is 626 g/mol. The summed E-state index contributed by atoms with van der Waals surface area (Å²) in [6, 6.07) is 17.4. The van der Waals surface area contributed by atoms with Gasteiger partial charge in [-0.05, 0) is 107 Å². The molecule has 8 nitrogen and oxygen atoms in total. The van der Waals surface area contributed by atoms with Gasteiger partial charge in [0.15, 0.2) is 16.7 Å². The molecule has 0 unspecified atom stereocenters. The summed E-state index contributed by atoms with van der Waals surface area (Å²) in [4.78, 5) is 31.7. The minimum atomic E-state index is -1.01. The fourth-order valence-corrected chi connectivity index (χ4v) is 5.36. The monoisotopic (exact) mass is 624 g/mol. The van der Waals surface area contributed by atoms with Crippen molar-refractivity contribution in [1.29, 1.82) is 0 Å². The van der Waals surface area contributed by atoms with Gasteiger partial charge in [0.1, 0.15) is 5.75 Å². The molecule has 0 aromatic heterocycles. The van der Waals surface area contributed by atoms with Crippen LogP contribution in [0.2, 0.25) is 0 Å². The van der Waals surface area contributed by atoms with Crippen LogP contribution in [-0.4, -0.2) is 47.4 Å². The normalized spacial score (nSPS) is 15.9. The van der Waals surface area contributed by atoms with Crippen molar-refractivity contribution in [1.82, 2.24) is 4.90 Å². The molecule has 3 aromatic carbocycles. The third-order valence-electron chi connectivity index (χ3n) is 6.17. The van der Waals surface area contributed by atoms with Gasteiger partial charge in [-0.15, -0.1) is 0 Å². The standard InChI is InChI=1S/C30H29BrN2O6S/c1-5-18(2)39-27-24(31)14-20(15-25(27)38-4)16-26-28(34)33(17-19-6-8-21(9-7-19)29(35)36)30(40-26)32-22-10-12-23(37-3)13-11-22/h6-16,18H,5,17H2,1-4H3,(H,35,36)/b26-16-,32-30?/t18-/m0/s1. The Balaban J connectivity index is 1.69. The third kappa shape index (κ3) is 6.86. The Bertz CT molecular complexity index is 1450. The Labute approximate surface area is 245 Å². The number of carboxylic acid groups (broad SMARTS) is 1. The summed E-state index contributed by atoms with van der Waals surface area (Å²) in [5.41, 5.74) is 2.38. The number of hydrogen-bond donors (Lipinski definition) is 1. The van der Waals surface area contributed by atoms with Gasteiger partial charge >= 0.3 is 5.97 Å². The van der Waals surface area contributed by atoms with Crippen LogP contribution in [0.5, 0.6) is 17.2 Å². The Morgan fingerprint density at radius 1 is 1.10 bits per heavy atom. The Hall–Kier alpha value is -3.76. The number of nitrogens with zero attached hydrogens (tertiary/aromatic N) is 2. The van der Waals surface area contributed by atoms with Crippen LogP contribution in [0.1, 0.15) is 41.8 Å². The number of methoxy groups -OCH3 is 2. The molecule has 1 fully saturated rings.